The van der Waals surface area contributed by atoms with Gasteiger partial charge < -0.3 is 0 Å². The van der Waals surface area contributed by atoms with E-state index in [9.17, 15) is 13.2 Å². The van der Waals surface area contributed by atoms with Crippen LogP contribution in [0.15, 0.2) is 60.7 Å². The first-order chi connectivity index (χ1) is 8.56. The summed E-state index contributed by atoms with van der Waals surface area (Å²) in [6.07, 6.45) is -4.60. The van der Waals surface area contributed by atoms with Crippen molar-refractivity contribution in [2.24, 2.45) is 0 Å². The topological polar surface area (TPSA) is 9.23 Å². The molecule has 0 aliphatic rings. The summed E-state index contributed by atoms with van der Waals surface area (Å²) in [6.45, 7) is 0. The van der Waals surface area contributed by atoms with E-state index in [4.69, 9.17) is 0 Å². The van der Waals surface area contributed by atoms with Crippen LogP contribution in [0.4, 0.5) is 13.2 Å². The molecule has 2 aromatic carbocycles. The van der Waals surface area contributed by atoms with Crippen molar-refractivity contribution in [3.05, 3.63) is 67.8 Å². The van der Waals surface area contributed by atoms with Gasteiger partial charge in [0.05, 0.1) is 0 Å². The van der Waals surface area contributed by atoms with Gasteiger partial charge in [0.1, 0.15) is 0 Å². The van der Waals surface area contributed by atoms with Crippen molar-refractivity contribution < 1.29 is 16.2 Å². The van der Waals surface area contributed by atoms with E-state index in [-0.39, 0.29) is 0 Å². The Morgan fingerprint density at radius 1 is 0.722 bits per heavy atom. The Morgan fingerprint density at radius 2 is 1.11 bits per heavy atom. The van der Waals surface area contributed by atoms with Crippen molar-refractivity contribution in [1.29, 1.82) is 0 Å². The minimum atomic E-state index is -4.60. The second-order valence-electron chi connectivity index (χ2n) is 3.36. The average Bonchev–Trinajstić information content (AvgIpc) is 2.37. The Bertz CT molecular complexity index is 445. The number of benzene rings is 2. The molecule has 0 aromatic heterocycles. The standard InChI is InChI=1S/C13H10F3IO/c14-13(15,16)18-17(11-7-3-1-4-8-11)12-9-5-2-6-10-12/h1-10H. The third kappa shape index (κ3) is 3.71. The van der Waals surface area contributed by atoms with Gasteiger partial charge in [0.15, 0.2) is 0 Å². The van der Waals surface area contributed by atoms with E-state index in [1.165, 1.54) is 0 Å². The zero-order valence-electron chi connectivity index (χ0n) is 9.19. The van der Waals surface area contributed by atoms with Crippen molar-refractivity contribution in [3.63, 3.8) is 0 Å². The third-order valence-electron chi connectivity index (χ3n) is 2.03. The van der Waals surface area contributed by atoms with Crippen molar-refractivity contribution in [2.75, 3.05) is 0 Å². The maximum absolute atomic E-state index is 12.5. The Kier molecular flexibility index (Phi) is 4.23. The summed E-state index contributed by atoms with van der Waals surface area (Å²) >= 11 is -2.90. The van der Waals surface area contributed by atoms with Crippen LogP contribution in [0.5, 0.6) is 0 Å². The van der Waals surface area contributed by atoms with Gasteiger partial charge in [0, 0.05) is 0 Å². The SMILES string of the molecule is FC(F)(F)OI(c1ccccc1)c1ccccc1. The van der Waals surface area contributed by atoms with Gasteiger partial charge in [0.2, 0.25) is 0 Å². The number of hydrogen-bond acceptors (Lipinski definition) is 1. The summed E-state index contributed by atoms with van der Waals surface area (Å²) in [5.74, 6) is 0. The average molecular weight is 366 g/mol. The van der Waals surface area contributed by atoms with Crippen LogP contribution in [0, 0.1) is 7.14 Å². The van der Waals surface area contributed by atoms with Crippen LogP contribution in [0.2, 0.25) is 0 Å². The molecule has 0 unspecified atom stereocenters. The first-order valence-electron chi connectivity index (χ1n) is 5.12. The number of rotatable bonds is 3. The number of hydrogen-bond donors (Lipinski definition) is 0. The molecule has 1 nitrogen and oxygen atoms in total. The molecular weight excluding hydrogens is 356 g/mol. The molecule has 0 heterocycles. The van der Waals surface area contributed by atoms with Crippen LogP contribution in [0.25, 0.3) is 0 Å². The van der Waals surface area contributed by atoms with Crippen LogP contribution in [-0.2, 0) is 3.07 Å². The van der Waals surface area contributed by atoms with E-state index in [2.05, 4.69) is 3.07 Å². The van der Waals surface area contributed by atoms with Crippen molar-refractivity contribution in [3.8, 4) is 0 Å². The van der Waals surface area contributed by atoms with Crippen molar-refractivity contribution in [2.45, 2.75) is 6.36 Å². The molecule has 0 amide bonds. The van der Waals surface area contributed by atoms with E-state index in [1.54, 1.807) is 60.7 Å². The van der Waals surface area contributed by atoms with Crippen LogP contribution >= 0.6 is 20.2 Å². The van der Waals surface area contributed by atoms with Gasteiger partial charge in [-0.15, -0.1) is 0 Å². The molecule has 2 rings (SSSR count). The van der Waals surface area contributed by atoms with E-state index >= 15 is 0 Å². The third-order valence-corrected chi connectivity index (χ3v) is 6.67. The molecule has 0 saturated carbocycles. The van der Waals surface area contributed by atoms with Gasteiger partial charge in [-0.3, -0.25) is 0 Å². The van der Waals surface area contributed by atoms with Gasteiger partial charge in [-0.1, -0.05) is 0 Å². The molecule has 0 spiro atoms. The molecule has 0 aliphatic carbocycles. The zero-order chi connectivity index (χ0) is 13.0. The van der Waals surface area contributed by atoms with Crippen LogP contribution in [0.1, 0.15) is 0 Å². The number of alkyl halides is 3. The van der Waals surface area contributed by atoms with Crippen molar-refractivity contribution in [1.82, 2.24) is 0 Å². The van der Waals surface area contributed by atoms with Crippen LogP contribution in [0.3, 0.4) is 0 Å². The normalized spacial score (nSPS) is 12.3. The van der Waals surface area contributed by atoms with Crippen molar-refractivity contribution >= 4 is 20.2 Å². The summed E-state index contributed by atoms with van der Waals surface area (Å²) in [4.78, 5) is 0. The fourth-order valence-electron chi connectivity index (χ4n) is 1.36. The van der Waals surface area contributed by atoms with Crippen LogP contribution in [-0.4, -0.2) is 6.36 Å². The molecule has 18 heavy (non-hydrogen) atoms. The second kappa shape index (κ2) is 5.71. The summed E-state index contributed by atoms with van der Waals surface area (Å²) in [7, 11) is 0. The number of halogens is 4. The molecule has 0 fully saturated rings. The Morgan fingerprint density at radius 3 is 1.44 bits per heavy atom. The summed E-state index contributed by atoms with van der Waals surface area (Å²) in [5.41, 5.74) is 0. The molecule has 0 N–H and O–H groups in total. The predicted molar refractivity (Wildman–Crippen MR) is 71.4 cm³/mol. The van der Waals surface area contributed by atoms with Crippen LogP contribution < -0.4 is 0 Å². The van der Waals surface area contributed by atoms with Gasteiger partial charge >= 0.3 is 111 Å². The van der Waals surface area contributed by atoms with E-state index in [0.717, 1.165) is 0 Å². The van der Waals surface area contributed by atoms with Gasteiger partial charge in [0.25, 0.3) is 0 Å². The molecule has 0 atom stereocenters. The second-order valence-corrected chi connectivity index (χ2v) is 7.71. The minimum absolute atomic E-state index is 0.630. The Hall–Kier alpha value is -1.08. The van der Waals surface area contributed by atoms with E-state index in [0.29, 0.717) is 7.14 Å². The van der Waals surface area contributed by atoms with Gasteiger partial charge in [-0.05, 0) is 0 Å². The van der Waals surface area contributed by atoms with E-state index in [1.807, 2.05) is 0 Å². The Labute approximate surface area is 111 Å². The quantitative estimate of drug-likeness (QED) is 0.717. The first kappa shape index (κ1) is 13.4. The summed E-state index contributed by atoms with van der Waals surface area (Å²) < 4.78 is 43.1. The summed E-state index contributed by atoms with van der Waals surface area (Å²) in [5, 5.41) is 0. The van der Waals surface area contributed by atoms with Gasteiger partial charge in [-0.2, -0.15) is 0 Å². The van der Waals surface area contributed by atoms with Gasteiger partial charge in [-0.25, -0.2) is 0 Å². The molecule has 0 radical (unpaired) electrons. The predicted octanol–water partition coefficient (Wildman–Crippen LogP) is 4.68. The molecule has 5 heteroatoms. The Balaban J connectivity index is 2.36. The molecule has 0 bridgehead atoms. The summed E-state index contributed by atoms with van der Waals surface area (Å²) in [6, 6.07) is 17.2. The monoisotopic (exact) mass is 366 g/mol. The fraction of sp³-hybridized carbons (Fsp3) is 0.0769. The first-order valence-corrected chi connectivity index (χ1v) is 8.16. The molecular formula is C13H10F3IO. The maximum atomic E-state index is 12.5. The fourth-order valence-corrected chi connectivity index (χ4v) is 5.22. The molecule has 0 saturated heterocycles. The molecule has 2 aromatic rings. The molecule has 96 valence electrons. The molecule has 0 aliphatic heterocycles. The van der Waals surface area contributed by atoms with E-state index < -0.39 is 26.6 Å². The zero-order valence-corrected chi connectivity index (χ0v) is 11.4.